The Morgan fingerprint density at radius 1 is 1.16 bits per heavy atom. The maximum atomic E-state index is 14.6. The summed E-state index contributed by atoms with van der Waals surface area (Å²) >= 11 is 1.97. The lowest BCUT2D eigenvalue weighted by Gasteiger charge is -2.30. The molecule has 10 heteroatoms. The van der Waals surface area contributed by atoms with E-state index in [0.717, 1.165) is 63.8 Å². The van der Waals surface area contributed by atoms with Crippen LogP contribution in [0.15, 0.2) is 35.0 Å². The molecule has 5 heterocycles. The number of ether oxygens (including phenoxy) is 1. The van der Waals surface area contributed by atoms with Crippen molar-refractivity contribution in [3.05, 3.63) is 53.6 Å². The zero-order chi connectivity index (χ0) is 25.7. The van der Waals surface area contributed by atoms with Gasteiger partial charge in [0.25, 0.3) is 0 Å². The van der Waals surface area contributed by atoms with Crippen LogP contribution in [-0.4, -0.2) is 44.2 Å². The Labute approximate surface area is 218 Å². The van der Waals surface area contributed by atoms with Gasteiger partial charge in [-0.1, -0.05) is 11.2 Å². The molecule has 0 radical (unpaired) electrons. The molecular formula is C27H28FN5O3S. The lowest BCUT2D eigenvalue weighted by molar-refractivity contribution is -0.117. The summed E-state index contributed by atoms with van der Waals surface area (Å²) in [7, 11) is 1.37. The quantitative estimate of drug-likeness (QED) is 0.329. The van der Waals surface area contributed by atoms with Crippen molar-refractivity contribution in [2.45, 2.75) is 51.6 Å². The average Bonchev–Trinajstić information content (AvgIpc) is 3.58. The minimum atomic E-state index is -0.597. The van der Waals surface area contributed by atoms with Gasteiger partial charge in [-0.3, -0.25) is 4.79 Å². The van der Waals surface area contributed by atoms with Crippen LogP contribution in [0.1, 0.15) is 55.0 Å². The third-order valence-corrected chi connectivity index (χ3v) is 8.42. The number of benzene rings is 1. The fourth-order valence-electron chi connectivity index (χ4n) is 5.68. The Morgan fingerprint density at radius 2 is 1.97 bits per heavy atom. The van der Waals surface area contributed by atoms with E-state index in [1.165, 1.54) is 19.4 Å². The number of hydrogen-bond donors (Lipinski definition) is 0. The lowest BCUT2D eigenvalue weighted by Crippen LogP contribution is -2.30. The van der Waals surface area contributed by atoms with Crippen molar-refractivity contribution in [2.24, 2.45) is 0 Å². The Kier molecular flexibility index (Phi) is 6.14. The molecule has 1 unspecified atom stereocenters. The van der Waals surface area contributed by atoms with Gasteiger partial charge in [0.15, 0.2) is 5.82 Å². The number of nitrogens with zero attached hydrogens (tertiary/aromatic N) is 5. The first-order valence-electron chi connectivity index (χ1n) is 12.5. The first-order chi connectivity index (χ1) is 18.0. The number of imidazole rings is 1. The van der Waals surface area contributed by atoms with E-state index in [1.54, 1.807) is 4.90 Å². The number of fused-ring (bicyclic) bond motifs is 1. The predicted octanol–water partition coefficient (Wildman–Crippen LogP) is 5.79. The molecule has 192 valence electrons. The third-order valence-electron chi connectivity index (χ3n) is 7.37. The van der Waals surface area contributed by atoms with Gasteiger partial charge in [0.2, 0.25) is 11.8 Å². The van der Waals surface area contributed by atoms with Crippen LogP contribution in [0.5, 0.6) is 5.88 Å². The van der Waals surface area contributed by atoms with Crippen LogP contribution in [0.3, 0.4) is 0 Å². The Balaban J connectivity index is 1.49. The third kappa shape index (κ3) is 4.07. The summed E-state index contributed by atoms with van der Waals surface area (Å²) in [5.41, 5.74) is 5.14. The Morgan fingerprint density at radius 3 is 2.68 bits per heavy atom. The van der Waals surface area contributed by atoms with Crippen LogP contribution in [0, 0.1) is 19.7 Å². The van der Waals surface area contributed by atoms with Crippen LogP contribution >= 0.6 is 11.8 Å². The molecule has 0 N–H and O–H groups in total. The highest BCUT2D eigenvalue weighted by atomic mass is 32.2. The van der Waals surface area contributed by atoms with E-state index in [-0.39, 0.29) is 23.9 Å². The van der Waals surface area contributed by atoms with Gasteiger partial charge in [-0.05, 0) is 62.3 Å². The van der Waals surface area contributed by atoms with Gasteiger partial charge in [0, 0.05) is 24.1 Å². The highest BCUT2D eigenvalue weighted by molar-refractivity contribution is 7.99. The second kappa shape index (κ2) is 9.48. The largest absolute Gasteiger partial charge is 0.479 e. The molecule has 0 bridgehead atoms. The highest BCUT2D eigenvalue weighted by Gasteiger charge is 2.38. The van der Waals surface area contributed by atoms with Crippen molar-refractivity contribution in [3.63, 3.8) is 0 Å². The van der Waals surface area contributed by atoms with Crippen molar-refractivity contribution < 1.29 is 18.4 Å². The summed E-state index contributed by atoms with van der Waals surface area (Å²) in [6.07, 6.45) is 4.54. The van der Waals surface area contributed by atoms with E-state index < -0.39 is 5.82 Å². The van der Waals surface area contributed by atoms with Crippen LogP contribution in [-0.2, 0) is 4.79 Å². The molecule has 1 atom stereocenters. The molecule has 1 amide bonds. The molecule has 2 fully saturated rings. The van der Waals surface area contributed by atoms with Crippen molar-refractivity contribution in [3.8, 4) is 17.0 Å². The SMILES string of the molecule is COc1ncc(N2C(=O)CCC2c2nc3cc(-c4c(C)noc4C)ccc3n2C2CCSCC2)cc1F. The number of anilines is 1. The standard InChI is InChI=1S/C27H28FN5O3S/c1-15-25(16(2)36-31-15)17-4-5-22-21(12-17)30-26(33(22)18-8-10-37-11-9-18)23-6-7-24(34)32(23)19-13-20(28)27(35-3)29-14-19/h4-5,12-14,18,23H,6-11H2,1-3H3. The maximum absolute atomic E-state index is 14.6. The van der Waals surface area contributed by atoms with Crippen LogP contribution in [0.25, 0.3) is 22.2 Å². The second-order valence-electron chi connectivity index (χ2n) is 9.59. The molecule has 0 spiro atoms. The first kappa shape index (κ1) is 24.0. The highest BCUT2D eigenvalue weighted by Crippen LogP contribution is 2.42. The number of thioether (sulfide) groups is 1. The Hall–Kier alpha value is -3.40. The molecule has 2 aliphatic rings. The zero-order valence-electron chi connectivity index (χ0n) is 21.0. The summed E-state index contributed by atoms with van der Waals surface area (Å²) in [5, 5.41) is 4.11. The second-order valence-corrected chi connectivity index (χ2v) is 10.8. The molecule has 2 aliphatic heterocycles. The van der Waals surface area contributed by atoms with E-state index in [2.05, 4.69) is 32.9 Å². The summed E-state index contributed by atoms with van der Waals surface area (Å²) in [6, 6.07) is 7.58. The molecule has 1 aromatic carbocycles. The number of hydrogen-bond acceptors (Lipinski definition) is 7. The molecule has 8 nitrogen and oxygen atoms in total. The molecule has 6 rings (SSSR count). The van der Waals surface area contributed by atoms with E-state index >= 15 is 0 Å². The molecule has 4 aromatic rings. The summed E-state index contributed by atoms with van der Waals surface area (Å²) in [6.45, 7) is 3.84. The molecular weight excluding hydrogens is 493 g/mol. The number of amides is 1. The smallest absolute Gasteiger partial charge is 0.250 e. The van der Waals surface area contributed by atoms with Crippen molar-refractivity contribution in [2.75, 3.05) is 23.5 Å². The number of carbonyl (C=O) groups is 1. The summed E-state index contributed by atoms with van der Waals surface area (Å²) in [5.74, 6) is 3.02. The van der Waals surface area contributed by atoms with Crippen LogP contribution < -0.4 is 9.64 Å². The molecule has 0 aliphatic carbocycles. The maximum Gasteiger partial charge on any atom is 0.250 e. The van der Waals surface area contributed by atoms with Crippen LogP contribution in [0.2, 0.25) is 0 Å². The Bertz CT molecular complexity index is 1470. The van der Waals surface area contributed by atoms with Gasteiger partial charge in [-0.15, -0.1) is 0 Å². The molecule has 3 aromatic heterocycles. The summed E-state index contributed by atoms with van der Waals surface area (Å²) < 4.78 is 27.3. The lowest BCUT2D eigenvalue weighted by atomic mass is 10.0. The number of pyridine rings is 1. The van der Waals surface area contributed by atoms with Crippen molar-refractivity contribution >= 4 is 34.4 Å². The van der Waals surface area contributed by atoms with Crippen molar-refractivity contribution in [1.82, 2.24) is 19.7 Å². The van der Waals surface area contributed by atoms with E-state index in [0.29, 0.717) is 18.5 Å². The van der Waals surface area contributed by atoms with Crippen molar-refractivity contribution in [1.29, 1.82) is 0 Å². The number of methoxy groups -OCH3 is 1. The molecule has 2 saturated heterocycles. The monoisotopic (exact) mass is 521 g/mol. The average molecular weight is 522 g/mol. The normalized spacial score (nSPS) is 18.8. The fraction of sp³-hybridized carbons (Fsp3) is 0.407. The fourth-order valence-corrected chi connectivity index (χ4v) is 6.76. The number of carbonyl (C=O) groups excluding carboxylic acids is 1. The van der Waals surface area contributed by atoms with E-state index in [9.17, 15) is 9.18 Å². The predicted molar refractivity (Wildman–Crippen MR) is 141 cm³/mol. The van der Waals surface area contributed by atoms with Crippen LogP contribution in [0.4, 0.5) is 10.1 Å². The van der Waals surface area contributed by atoms with Gasteiger partial charge in [-0.25, -0.2) is 14.4 Å². The van der Waals surface area contributed by atoms with E-state index in [4.69, 9.17) is 14.2 Å². The molecule has 37 heavy (non-hydrogen) atoms. The topological polar surface area (TPSA) is 86.3 Å². The van der Waals surface area contributed by atoms with E-state index in [1.807, 2.05) is 25.6 Å². The summed E-state index contributed by atoms with van der Waals surface area (Å²) in [4.78, 5) is 24.0. The van der Waals surface area contributed by atoms with Gasteiger partial charge in [-0.2, -0.15) is 11.8 Å². The number of halogens is 1. The number of aryl methyl sites for hydroxylation is 2. The van der Waals surface area contributed by atoms with Gasteiger partial charge >= 0.3 is 0 Å². The minimum absolute atomic E-state index is 0.0643. The number of rotatable bonds is 5. The minimum Gasteiger partial charge on any atom is -0.479 e. The number of aromatic nitrogens is 4. The first-order valence-corrected chi connectivity index (χ1v) is 13.7. The zero-order valence-corrected chi connectivity index (χ0v) is 21.8. The van der Waals surface area contributed by atoms with Gasteiger partial charge in [0.05, 0.1) is 41.8 Å². The molecule has 0 saturated carbocycles. The van der Waals surface area contributed by atoms with Gasteiger partial charge in [0.1, 0.15) is 11.6 Å². The van der Waals surface area contributed by atoms with Gasteiger partial charge < -0.3 is 18.7 Å².